The summed E-state index contributed by atoms with van der Waals surface area (Å²) in [4.78, 5) is 10.9. The molecule has 12 heavy (non-hydrogen) atoms. The van der Waals surface area contributed by atoms with E-state index >= 15 is 0 Å². The minimum atomic E-state index is -0.0819. The summed E-state index contributed by atoms with van der Waals surface area (Å²) in [6.45, 7) is 4.44. The molecular formula is C10H18O2. The van der Waals surface area contributed by atoms with Crippen LogP contribution in [0.3, 0.4) is 0 Å². The van der Waals surface area contributed by atoms with Crippen LogP contribution < -0.4 is 0 Å². The maximum absolute atomic E-state index is 10.9. The minimum absolute atomic E-state index is 0.0819. The van der Waals surface area contributed by atoms with Crippen molar-refractivity contribution < 1.29 is 9.53 Å². The first-order valence-electron chi connectivity index (χ1n) is 4.58. The van der Waals surface area contributed by atoms with E-state index in [1.54, 1.807) is 0 Å². The van der Waals surface area contributed by atoms with Crippen molar-refractivity contribution in [2.24, 2.45) is 0 Å². The van der Waals surface area contributed by atoms with E-state index in [1.807, 2.05) is 19.1 Å². The van der Waals surface area contributed by atoms with Crippen molar-refractivity contribution in [1.29, 1.82) is 0 Å². The second-order valence-corrected chi connectivity index (χ2v) is 2.71. The maximum atomic E-state index is 10.9. The summed E-state index contributed by atoms with van der Waals surface area (Å²) in [5.74, 6) is -0.0819. The van der Waals surface area contributed by atoms with Crippen LogP contribution in [0.25, 0.3) is 0 Å². The van der Waals surface area contributed by atoms with Gasteiger partial charge in [-0.2, -0.15) is 0 Å². The molecule has 2 heteroatoms. The van der Waals surface area contributed by atoms with E-state index in [1.165, 1.54) is 0 Å². The zero-order valence-corrected chi connectivity index (χ0v) is 8.01. The molecule has 0 aliphatic heterocycles. The van der Waals surface area contributed by atoms with Gasteiger partial charge in [0.15, 0.2) is 0 Å². The Morgan fingerprint density at radius 3 is 2.75 bits per heavy atom. The Kier molecular flexibility index (Phi) is 7.76. The van der Waals surface area contributed by atoms with Crippen molar-refractivity contribution in [3.8, 4) is 0 Å². The van der Waals surface area contributed by atoms with Gasteiger partial charge in [0.25, 0.3) is 0 Å². The maximum Gasteiger partial charge on any atom is 0.306 e. The lowest BCUT2D eigenvalue weighted by molar-refractivity contribution is -0.142. The van der Waals surface area contributed by atoms with E-state index < -0.39 is 0 Å². The van der Waals surface area contributed by atoms with Gasteiger partial charge in [-0.15, -0.1) is 0 Å². The molecule has 0 aromatic carbocycles. The predicted octanol–water partition coefficient (Wildman–Crippen LogP) is 2.69. The van der Waals surface area contributed by atoms with Gasteiger partial charge < -0.3 is 4.74 Å². The molecule has 2 nitrogen and oxygen atoms in total. The van der Waals surface area contributed by atoms with Gasteiger partial charge in [0, 0.05) is 6.42 Å². The van der Waals surface area contributed by atoms with Gasteiger partial charge in [-0.25, -0.2) is 0 Å². The summed E-state index contributed by atoms with van der Waals surface area (Å²) in [6.07, 6.45) is 7.47. The molecule has 70 valence electrons. The summed E-state index contributed by atoms with van der Waals surface area (Å²) >= 11 is 0. The normalized spacial score (nSPS) is 10.5. The first kappa shape index (κ1) is 11.2. The highest BCUT2D eigenvalue weighted by Crippen LogP contribution is 2.00. The predicted molar refractivity (Wildman–Crippen MR) is 49.9 cm³/mol. The van der Waals surface area contributed by atoms with Gasteiger partial charge in [0.1, 0.15) is 6.61 Å². The molecule has 0 aliphatic rings. The summed E-state index contributed by atoms with van der Waals surface area (Å²) in [7, 11) is 0. The van der Waals surface area contributed by atoms with Crippen LogP contribution in [-0.2, 0) is 9.53 Å². The first-order chi connectivity index (χ1) is 5.81. The third kappa shape index (κ3) is 7.32. The second kappa shape index (κ2) is 8.31. The quantitative estimate of drug-likeness (QED) is 0.348. The summed E-state index contributed by atoms with van der Waals surface area (Å²) in [5.41, 5.74) is 0. The van der Waals surface area contributed by atoms with Gasteiger partial charge in [-0.05, 0) is 13.3 Å². The number of carbonyl (C=O) groups excluding carboxylic acids is 1. The van der Waals surface area contributed by atoms with E-state index in [0.717, 1.165) is 19.3 Å². The fourth-order valence-electron chi connectivity index (χ4n) is 0.829. The van der Waals surface area contributed by atoms with Crippen LogP contribution in [0.15, 0.2) is 12.2 Å². The molecule has 0 aromatic rings. The zero-order valence-electron chi connectivity index (χ0n) is 8.01. The van der Waals surface area contributed by atoms with Gasteiger partial charge >= 0.3 is 5.97 Å². The van der Waals surface area contributed by atoms with E-state index in [9.17, 15) is 4.79 Å². The molecule has 0 aromatic heterocycles. The average Bonchev–Trinajstić information content (AvgIpc) is 2.06. The number of allylic oxidation sites excluding steroid dienone is 1. The van der Waals surface area contributed by atoms with Crippen molar-refractivity contribution in [3.05, 3.63) is 12.2 Å². The average molecular weight is 170 g/mol. The fourth-order valence-corrected chi connectivity index (χ4v) is 0.829. The van der Waals surface area contributed by atoms with Crippen LogP contribution in [-0.4, -0.2) is 12.6 Å². The molecule has 0 saturated heterocycles. The number of ether oxygens (including phenoxy) is 1. The number of hydrogen-bond acceptors (Lipinski definition) is 2. The molecule has 0 unspecified atom stereocenters. The van der Waals surface area contributed by atoms with Crippen LogP contribution >= 0.6 is 0 Å². The van der Waals surface area contributed by atoms with Gasteiger partial charge in [-0.1, -0.05) is 31.9 Å². The largest absolute Gasteiger partial charge is 0.461 e. The SMILES string of the molecule is CC=CCOC(=O)CCCCC. The van der Waals surface area contributed by atoms with Crippen LogP contribution in [0.2, 0.25) is 0 Å². The number of esters is 1. The molecule has 0 bridgehead atoms. The molecule has 0 fully saturated rings. The number of hydrogen-bond donors (Lipinski definition) is 0. The zero-order chi connectivity index (χ0) is 9.23. The second-order valence-electron chi connectivity index (χ2n) is 2.71. The van der Waals surface area contributed by atoms with E-state index in [2.05, 4.69) is 6.92 Å². The highest BCUT2D eigenvalue weighted by molar-refractivity contribution is 5.69. The minimum Gasteiger partial charge on any atom is -0.461 e. The fraction of sp³-hybridized carbons (Fsp3) is 0.700. The monoisotopic (exact) mass is 170 g/mol. The highest BCUT2D eigenvalue weighted by atomic mass is 16.5. The molecule has 0 atom stereocenters. The van der Waals surface area contributed by atoms with Crippen LogP contribution in [0.5, 0.6) is 0 Å². The molecule has 0 aliphatic carbocycles. The molecule has 0 heterocycles. The van der Waals surface area contributed by atoms with Crippen LogP contribution in [0.1, 0.15) is 39.5 Å². The van der Waals surface area contributed by atoms with Gasteiger partial charge in [0.05, 0.1) is 0 Å². The number of rotatable bonds is 6. The van der Waals surface area contributed by atoms with Crippen molar-refractivity contribution >= 4 is 5.97 Å². The Bertz CT molecular complexity index is 139. The molecular weight excluding hydrogens is 152 g/mol. The Labute approximate surface area is 74.6 Å². The Morgan fingerprint density at radius 2 is 2.17 bits per heavy atom. The first-order valence-corrected chi connectivity index (χ1v) is 4.58. The third-order valence-electron chi connectivity index (χ3n) is 1.56. The molecule has 0 rings (SSSR count). The molecule has 0 amide bonds. The Hall–Kier alpha value is -0.790. The van der Waals surface area contributed by atoms with Crippen LogP contribution in [0, 0.1) is 0 Å². The van der Waals surface area contributed by atoms with Crippen molar-refractivity contribution in [1.82, 2.24) is 0 Å². The van der Waals surface area contributed by atoms with E-state index in [-0.39, 0.29) is 5.97 Å². The summed E-state index contributed by atoms with van der Waals surface area (Å²) in [6, 6.07) is 0. The topological polar surface area (TPSA) is 26.3 Å². The summed E-state index contributed by atoms with van der Waals surface area (Å²) < 4.78 is 4.90. The van der Waals surface area contributed by atoms with Crippen molar-refractivity contribution in [2.75, 3.05) is 6.61 Å². The lowest BCUT2D eigenvalue weighted by atomic mass is 10.2. The molecule has 0 saturated carbocycles. The third-order valence-corrected chi connectivity index (χ3v) is 1.56. The lowest BCUT2D eigenvalue weighted by Crippen LogP contribution is -2.03. The van der Waals surface area contributed by atoms with Crippen LogP contribution in [0.4, 0.5) is 0 Å². The van der Waals surface area contributed by atoms with Gasteiger partial charge in [-0.3, -0.25) is 4.79 Å². The van der Waals surface area contributed by atoms with Crippen molar-refractivity contribution in [3.63, 3.8) is 0 Å². The van der Waals surface area contributed by atoms with Gasteiger partial charge in [0.2, 0.25) is 0 Å². The van der Waals surface area contributed by atoms with E-state index in [4.69, 9.17) is 4.74 Å². The molecule has 0 spiro atoms. The smallest absolute Gasteiger partial charge is 0.306 e. The lowest BCUT2D eigenvalue weighted by Gasteiger charge is -2.00. The molecule has 0 radical (unpaired) electrons. The standard InChI is InChI=1S/C10H18O2/c1-3-5-7-8-10(11)12-9-6-4-2/h4,6H,3,5,7-9H2,1-2H3. The molecule has 0 N–H and O–H groups in total. The highest BCUT2D eigenvalue weighted by Gasteiger charge is 1.99. The van der Waals surface area contributed by atoms with E-state index in [0.29, 0.717) is 13.0 Å². The number of carbonyl (C=O) groups is 1. The Balaban J connectivity index is 3.21. The summed E-state index contributed by atoms with van der Waals surface area (Å²) in [5, 5.41) is 0. The number of unbranched alkanes of at least 4 members (excludes halogenated alkanes) is 2. The Morgan fingerprint density at radius 1 is 1.42 bits per heavy atom. The van der Waals surface area contributed by atoms with Crippen molar-refractivity contribution in [2.45, 2.75) is 39.5 Å².